The standard InChI is InChI=1S/C13H9Cl2N3O2S/c1-17-11(19)8(6-16)12(18(2)13(17)20)21-7-3-4-9(14)10(15)5-7/h3-5H,1-2H3. The zero-order valence-electron chi connectivity index (χ0n) is 11.1. The van der Waals surface area contributed by atoms with Crippen LogP contribution in [0.4, 0.5) is 0 Å². The first-order valence-electron chi connectivity index (χ1n) is 5.69. The van der Waals surface area contributed by atoms with Gasteiger partial charge >= 0.3 is 5.69 Å². The van der Waals surface area contributed by atoms with Gasteiger partial charge in [0.15, 0.2) is 0 Å². The highest BCUT2D eigenvalue weighted by atomic mass is 35.5. The van der Waals surface area contributed by atoms with Crippen molar-refractivity contribution in [1.29, 1.82) is 5.26 Å². The molecule has 2 rings (SSSR count). The number of halogens is 2. The molecule has 0 amide bonds. The van der Waals surface area contributed by atoms with E-state index < -0.39 is 11.2 Å². The predicted octanol–water partition coefficient (Wildman–Crippen LogP) is 2.41. The van der Waals surface area contributed by atoms with Gasteiger partial charge in [-0.15, -0.1) is 0 Å². The second-order valence-corrected chi connectivity index (χ2v) is 6.05. The van der Waals surface area contributed by atoms with E-state index in [4.69, 9.17) is 23.2 Å². The summed E-state index contributed by atoms with van der Waals surface area (Å²) in [7, 11) is 2.83. The summed E-state index contributed by atoms with van der Waals surface area (Å²) < 4.78 is 2.16. The van der Waals surface area contributed by atoms with E-state index in [1.54, 1.807) is 18.2 Å². The van der Waals surface area contributed by atoms with Crippen LogP contribution in [0.2, 0.25) is 10.0 Å². The maximum absolute atomic E-state index is 12.0. The summed E-state index contributed by atoms with van der Waals surface area (Å²) in [6.45, 7) is 0. The zero-order valence-corrected chi connectivity index (χ0v) is 13.4. The quantitative estimate of drug-likeness (QED) is 0.786. The van der Waals surface area contributed by atoms with E-state index in [-0.39, 0.29) is 10.6 Å². The Balaban J connectivity index is 2.65. The number of hydrogen-bond donors (Lipinski definition) is 0. The van der Waals surface area contributed by atoms with Gasteiger partial charge in [0.05, 0.1) is 10.0 Å². The first-order chi connectivity index (χ1) is 9.86. The van der Waals surface area contributed by atoms with E-state index in [1.807, 2.05) is 6.07 Å². The minimum atomic E-state index is -0.622. The van der Waals surface area contributed by atoms with E-state index in [9.17, 15) is 14.9 Å². The highest BCUT2D eigenvalue weighted by Gasteiger charge is 2.16. The lowest BCUT2D eigenvalue weighted by Gasteiger charge is -2.11. The van der Waals surface area contributed by atoms with Crippen LogP contribution in [0.25, 0.3) is 0 Å². The third-order valence-corrected chi connectivity index (χ3v) is 4.73. The lowest BCUT2D eigenvalue weighted by atomic mass is 10.3. The lowest BCUT2D eigenvalue weighted by Crippen LogP contribution is -2.39. The van der Waals surface area contributed by atoms with Crippen molar-refractivity contribution in [2.75, 3.05) is 0 Å². The van der Waals surface area contributed by atoms with Crippen LogP contribution in [0.5, 0.6) is 0 Å². The maximum atomic E-state index is 12.0. The van der Waals surface area contributed by atoms with Crippen LogP contribution >= 0.6 is 35.0 Å². The Hall–Kier alpha value is -1.68. The molecule has 0 N–H and O–H groups in total. The molecular weight excluding hydrogens is 333 g/mol. The van der Waals surface area contributed by atoms with Crippen LogP contribution in [0, 0.1) is 11.3 Å². The zero-order chi connectivity index (χ0) is 15.7. The number of aromatic nitrogens is 2. The molecule has 0 atom stereocenters. The molecule has 0 aliphatic heterocycles. The van der Waals surface area contributed by atoms with Crippen LogP contribution in [0.1, 0.15) is 5.56 Å². The fourth-order valence-corrected chi connectivity index (χ4v) is 3.04. The molecule has 0 aliphatic carbocycles. The number of rotatable bonds is 2. The molecule has 8 heteroatoms. The van der Waals surface area contributed by atoms with Crippen molar-refractivity contribution in [1.82, 2.24) is 9.13 Å². The van der Waals surface area contributed by atoms with E-state index in [0.29, 0.717) is 14.9 Å². The minimum absolute atomic E-state index is 0.0873. The van der Waals surface area contributed by atoms with Crippen molar-refractivity contribution >= 4 is 35.0 Å². The van der Waals surface area contributed by atoms with E-state index in [0.717, 1.165) is 16.3 Å². The third-order valence-electron chi connectivity index (χ3n) is 2.83. The Morgan fingerprint density at radius 3 is 2.38 bits per heavy atom. The maximum Gasteiger partial charge on any atom is 0.331 e. The van der Waals surface area contributed by atoms with Crippen LogP contribution < -0.4 is 11.2 Å². The highest BCUT2D eigenvalue weighted by molar-refractivity contribution is 7.99. The van der Waals surface area contributed by atoms with Gasteiger partial charge in [0.2, 0.25) is 0 Å². The molecule has 1 heterocycles. The molecule has 0 saturated carbocycles. The summed E-state index contributed by atoms with van der Waals surface area (Å²) in [5.41, 5.74) is -1.21. The van der Waals surface area contributed by atoms with Crippen molar-refractivity contribution in [2.24, 2.45) is 14.1 Å². The summed E-state index contributed by atoms with van der Waals surface area (Å²) in [4.78, 5) is 24.6. The van der Waals surface area contributed by atoms with Crippen LogP contribution in [0.3, 0.4) is 0 Å². The molecule has 108 valence electrons. The third kappa shape index (κ3) is 2.86. The fraction of sp³-hybridized carbons (Fsp3) is 0.154. The molecular formula is C13H9Cl2N3O2S. The average molecular weight is 342 g/mol. The van der Waals surface area contributed by atoms with Gasteiger partial charge in [-0.3, -0.25) is 13.9 Å². The second kappa shape index (κ2) is 5.98. The van der Waals surface area contributed by atoms with Gasteiger partial charge in [0.1, 0.15) is 16.7 Å². The van der Waals surface area contributed by atoms with Gasteiger partial charge in [-0.2, -0.15) is 5.26 Å². The Bertz CT molecular complexity index is 881. The van der Waals surface area contributed by atoms with Gasteiger partial charge in [0, 0.05) is 19.0 Å². The van der Waals surface area contributed by atoms with Gasteiger partial charge in [-0.1, -0.05) is 35.0 Å². The van der Waals surface area contributed by atoms with Crippen molar-refractivity contribution in [3.8, 4) is 6.07 Å². The number of nitriles is 1. The first kappa shape index (κ1) is 15.7. The van der Waals surface area contributed by atoms with Crippen molar-refractivity contribution < 1.29 is 0 Å². The van der Waals surface area contributed by atoms with Gasteiger partial charge in [0.25, 0.3) is 5.56 Å². The summed E-state index contributed by atoms with van der Waals surface area (Å²) >= 11 is 12.9. The molecule has 1 aromatic heterocycles. The highest BCUT2D eigenvalue weighted by Crippen LogP contribution is 2.32. The summed E-state index contributed by atoms with van der Waals surface area (Å²) in [6.07, 6.45) is 0. The molecule has 0 aliphatic rings. The van der Waals surface area contributed by atoms with E-state index in [1.165, 1.54) is 18.7 Å². The molecule has 0 unspecified atom stereocenters. The van der Waals surface area contributed by atoms with Crippen LogP contribution in [-0.2, 0) is 14.1 Å². The minimum Gasteiger partial charge on any atom is -0.290 e. The summed E-state index contributed by atoms with van der Waals surface area (Å²) in [5, 5.41) is 10.2. The Kier molecular flexibility index (Phi) is 4.47. The van der Waals surface area contributed by atoms with E-state index in [2.05, 4.69) is 0 Å². The second-order valence-electron chi connectivity index (χ2n) is 4.18. The van der Waals surface area contributed by atoms with E-state index >= 15 is 0 Å². The van der Waals surface area contributed by atoms with Crippen molar-refractivity contribution in [2.45, 2.75) is 9.92 Å². The van der Waals surface area contributed by atoms with Crippen molar-refractivity contribution in [3.63, 3.8) is 0 Å². The van der Waals surface area contributed by atoms with Gasteiger partial charge in [-0.25, -0.2) is 4.79 Å². The van der Waals surface area contributed by atoms with Crippen molar-refractivity contribution in [3.05, 3.63) is 54.6 Å². The molecule has 0 fully saturated rings. The Labute approximate surface area is 134 Å². The Morgan fingerprint density at radius 2 is 1.81 bits per heavy atom. The fourth-order valence-electron chi connectivity index (χ4n) is 1.69. The summed E-state index contributed by atoms with van der Waals surface area (Å²) in [6, 6.07) is 6.76. The molecule has 0 saturated heterocycles. The molecule has 2 aromatic rings. The SMILES string of the molecule is Cn1c(Sc2ccc(Cl)c(Cl)c2)c(C#N)c(=O)n(C)c1=O. The van der Waals surface area contributed by atoms with Crippen LogP contribution in [-0.4, -0.2) is 9.13 Å². The topological polar surface area (TPSA) is 67.8 Å². The van der Waals surface area contributed by atoms with Gasteiger partial charge in [-0.05, 0) is 18.2 Å². The molecule has 0 spiro atoms. The number of benzene rings is 1. The predicted molar refractivity (Wildman–Crippen MR) is 82.2 cm³/mol. The number of nitrogens with zero attached hydrogens (tertiary/aromatic N) is 3. The monoisotopic (exact) mass is 341 g/mol. The molecule has 0 bridgehead atoms. The average Bonchev–Trinajstić information content (AvgIpc) is 2.46. The largest absolute Gasteiger partial charge is 0.331 e. The Morgan fingerprint density at radius 1 is 1.14 bits per heavy atom. The van der Waals surface area contributed by atoms with Crippen LogP contribution in [0.15, 0.2) is 37.7 Å². The molecule has 0 radical (unpaired) electrons. The smallest absolute Gasteiger partial charge is 0.290 e. The first-order valence-corrected chi connectivity index (χ1v) is 7.27. The van der Waals surface area contributed by atoms with Gasteiger partial charge < -0.3 is 0 Å². The molecule has 5 nitrogen and oxygen atoms in total. The lowest BCUT2D eigenvalue weighted by molar-refractivity contribution is 0.631. The molecule has 1 aromatic carbocycles. The summed E-state index contributed by atoms with van der Waals surface area (Å²) in [5.74, 6) is 0. The normalized spacial score (nSPS) is 10.4. The molecule has 21 heavy (non-hydrogen) atoms. The number of hydrogen-bond acceptors (Lipinski definition) is 4.